The number of aromatic nitrogens is 2. The average molecular weight is 530 g/mol. The number of benzene rings is 2. The number of carbonyl (C=O) groups is 2. The third-order valence-corrected chi connectivity index (χ3v) is 7.98. The van der Waals surface area contributed by atoms with Crippen LogP contribution in [0.4, 0.5) is 5.69 Å². The van der Waals surface area contributed by atoms with E-state index in [1.807, 2.05) is 48.5 Å². The van der Waals surface area contributed by atoms with Gasteiger partial charge in [0.2, 0.25) is 11.8 Å². The molecular weight excluding hydrogens is 490 g/mol. The SMILES string of the molecule is CC(C)(C)c1ccc(N(C(=O)[C@H]2C[C@@H](O)CN2)C(C(=O)NC2CCCCC2)c2cnnc3ccccc23)cc1. The molecule has 1 saturated heterocycles. The van der Waals surface area contributed by atoms with Gasteiger partial charge in [-0.15, -0.1) is 0 Å². The number of fused-ring (bicyclic) bond motifs is 1. The Morgan fingerprint density at radius 3 is 2.44 bits per heavy atom. The third-order valence-electron chi connectivity index (χ3n) is 7.98. The van der Waals surface area contributed by atoms with Gasteiger partial charge in [-0.25, -0.2) is 0 Å². The number of β-amino-alcohol motifs (C(OH)–C–C–N with tert-alkyl or cyclic N) is 1. The van der Waals surface area contributed by atoms with Crippen LogP contribution in [0.1, 0.15) is 76.5 Å². The molecule has 0 bridgehead atoms. The predicted octanol–water partition coefficient (Wildman–Crippen LogP) is 4.17. The van der Waals surface area contributed by atoms with Crippen molar-refractivity contribution in [2.24, 2.45) is 0 Å². The first-order chi connectivity index (χ1) is 18.7. The van der Waals surface area contributed by atoms with Crippen LogP contribution >= 0.6 is 0 Å². The molecule has 5 rings (SSSR count). The molecule has 3 N–H and O–H groups in total. The number of aliphatic hydroxyl groups is 1. The molecule has 39 heavy (non-hydrogen) atoms. The lowest BCUT2D eigenvalue weighted by molar-refractivity contribution is -0.128. The number of carbonyl (C=O) groups excluding carboxylic acids is 2. The fourth-order valence-corrected chi connectivity index (χ4v) is 5.77. The van der Waals surface area contributed by atoms with E-state index in [4.69, 9.17) is 0 Å². The number of hydrogen-bond donors (Lipinski definition) is 3. The molecule has 8 heteroatoms. The van der Waals surface area contributed by atoms with E-state index in [2.05, 4.69) is 41.6 Å². The number of rotatable bonds is 6. The van der Waals surface area contributed by atoms with Crippen LogP contribution in [0.15, 0.2) is 54.7 Å². The van der Waals surface area contributed by atoms with Crippen molar-refractivity contribution in [3.05, 3.63) is 65.9 Å². The summed E-state index contributed by atoms with van der Waals surface area (Å²) in [6, 6.07) is 14.0. The van der Waals surface area contributed by atoms with E-state index >= 15 is 0 Å². The standard InChI is InChI=1S/C31H39N5O3/c1-31(2,3)20-13-15-22(16-14-20)36(30(39)27-17-23(37)18-32-27)28(29(38)34-21-9-5-4-6-10-21)25-19-33-35-26-12-8-7-11-24(25)26/h7-8,11-16,19,21,23,27-28,32,37H,4-6,9-10,17-18H2,1-3H3,(H,34,38)/t23-,27-,28?/m1/s1. The van der Waals surface area contributed by atoms with Crippen LogP contribution in [0.2, 0.25) is 0 Å². The van der Waals surface area contributed by atoms with Crippen molar-refractivity contribution in [2.75, 3.05) is 11.4 Å². The summed E-state index contributed by atoms with van der Waals surface area (Å²) in [4.78, 5) is 30.1. The van der Waals surface area contributed by atoms with E-state index in [0.29, 0.717) is 29.7 Å². The molecule has 2 fully saturated rings. The minimum Gasteiger partial charge on any atom is -0.392 e. The highest BCUT2D eigenvalue weighted by Gasteiger charge is 2.40. The summed E-state index contributed by atoms with van der Waals surface area (Å²) in [7, 11) is 0. The molecule has 2 amide bonds. The zero-order chi connectivity index (χ0) is 27.6. The van der Waals surface area contributed by atoms with Crippen LogP contribution in [0, 0.1) is 0 Å². The van der Waals surface area contributed by atoms with Crippen molar-refractivity contribution in [3.8, 4) is 0 Å². The number of amides is 2. The van der Waals surface area contributed by atoms with Gasteiger partial charge in [-0.05, 0) is 48.4 Å². The summed E-state index contributed by atoms with van der Waals surface area (Å²) in [5.74, 6) is -0.480. The monoisotopic (exact) mass is 529 g/mol. The summed E-state index contributed by atoms with van der Waals surface area (Å²) in [6.07, 6.45) is 6.48. The molecule has 2 heterocycles. The van der Waals surface area contributed by atoms with Gasteiger partial charge in [0, 0.05) is 29.2 Å². The minimum absolute atomic E-state index is 0.0620. The third kappa shape index (κ3) is 5.97. The molecule has 8 nitrogen and oxygen atoms in total. The summed E-state index contributed by atoms with van der Waals surface area (Å²) in [5.41, 5.74) is 2.98. The zero-order valence-electron chi connectivity index (χ0n) is 23.1. The fourth-order valence-electron chi connectivity index (χ4n) is 5.77. The van der Waals surface area contributed by atoms with Crippen LogP contribution in [0.5, 0.6) is 0 Å². The molecule has 3 aromatic rings. The van der Waals surface area contributed by atoms with Crippen molar-refractivity contribution in [1.29, 1.82) is 0 Å². The number of aliphatic hydroxyl groups excluding tert-OH is 1. The second-order valence-corrected chi connectivity index (χ2v) is 11.9. The van der Waals surface area contributed by atoms with E-state index in [1.165, 1.54) is 6.42 Å². The minimum atomic E-state index is -0.958. The Morgan fingerprint density at radius 2 is 1.77 bits per heavy atom. The Hall–Kier alpha value is -3.36. The Kier molecular flexibility index (Phi) is 7.96. The van der Waals surface area contributed by atoms with Crippen molar-refractivity contribution < 1.29 is 14.7 Å². The van der Waals surface area contributed by atoms with E-state index in [9.17, 15) is 14.7 Å². The van der Waals surface area contributed by atoms with E-state index in [0.717, 1.165) is 36.6 Å². The maximum atomic E-state index is 14.3. The van der Waals surface area contributed by atoms with E-state index in [-0.39, 0.29) is 23.3 Å². The molecule has 1 unspecified atom stereocenters. The molecule has 2 aromatic carbocycles. The second-order valence-electron chi connectivity index (χ2n) is 11.9. The summed E-state index contributed by atoms with van der Waals surface area (Å²) < 4.78 is 0. The highest BCUT2D eigenvalue weighted by atomic mass is 16.3. The quantitative estimate of drug-likeness (QED) is 0.442. The molecule has 3 atom stereocenters. The smallest absolute Gasteiger partial charge is 0.248 e. The van der Waals surface area contributed by atoms with Crippen LogP contribution in [-0.2, 0) is 15.0 Å². The maximum Gasteiger partial charge on any atom is 0.248 e. The zero-order valence-corrected chi connectivity index (χ0v) is 23.1. The van der Waals surface area contributed by atoms with Crippen LogP contribution in [-0.4, -0.2) is 51.9 Å². The van der Waals surface area contributed by atoms with Crippen LogP contribution in [0.25, 0.3) is 10.9 Å². The molecule has 1 aromatic heterocycles. The molecule has 2 aliphatic rings. The number of nitrogens with one attached hydrogen (secondary N) is 2. The van der Waals surface area contributed by atoms with Gasteiger partial charge in [-0.2, -0.15) is 10.2 Å². The fraction of sp³-hybridized carbons (Fsp3) is 0.484. The van der Waals surface area contributed by atoms with Gasteiger partial charge < -0.3 is 15.7 Å². The highest BCUT2D eigenvalue weighted by Crippen LogP contribution is 2.35. The van der Waals surface area contributed by atoms with Gasteiger partial charge in [0.15, 0.2) is 0 Å². The normalized spacial score (nSPS) is 21.0. The Morgan fingerprint density at radius 1 is 1.05 bits per heavy atom. The van der Waals surface area contributed by atoms with E-state index in [1.54, 1.807) is 11.1 Å². The van der Waals surface area contributed by atoms with Gasteiger partial charge in [-0.1, -0.05) is 70.4 Å². The molecule has 206 valence electrons. The van der Waals surface area contributed by atoms with Crippen molar-refractivity contribution >= 4 is 28.4 Å². The molecule has 1 aliphatic carbocycles. The van der Waals surface area contributed by atoms with Crippen molar-refractivity contribution in [3.63, 3.8) is 0 Å². The lowest BCUT2D eigenvalue weighted by atomic mass is 9.87. The molecule has 1 aliphatic heterocycles. The van der Waals surface area contributed by atoms with Gasteiger partial charge >= 0.3 is 0 Å². The number of anilines is 1. The van der Waals surface area contributed by atoms with Gasteiger partial charge in [-0.3, -0.25) is 14.5 Å². The van der Waals surface area contributed by atoms with Gasteiger partial charge in [0.05, 0.1) is 23.9 Å². The molecule has 0 radical (unpaired) electrons. The maximum absolute atomic E-state index is 14.3. The highest BCUT2D eigenvalue weighted by molar-refractivity contribution is 6.05. The first kappa shape index (κ1) is 27.2. The number of hydrogen-bond acceptors (Lipinski definition) is 6. The first-order valence-corrected chi connectivity index (χ1v) is 14.1. The van der Waals surface area contributed by atoms with Gasteiger partial charge in [0.25, 0.3) is 0 Å². The van der Waals surface area contributed by atoms with E-state index < -0.39 is 18.2 Å². The summed E-state index contributed by atoms with van der Waals surface area (Å²) in [6.45, 7) is 6.77. The Balaban J connectivity index is 1.64. The predicted molar refractivity (Wildman–Crippen MR) is 152 cm³/mol. The second kappa shape index (κ2) is 11.4. The first-order valence-electron chi connectivity index (χ1n) is 14.1. The molecular formula is C31H39N5O3. The van der Waals surface area contributed by atoms with Gasteiger partial charge in [0.1, 0.15) is 6.04 Å². The number of nitrogens with zero attached hydrogens (tertiary/aromatic N) is 3. The molecule has 1 saturated carbocycles. The average Bonchev–Trinajstić information content (AvgIpc) is 3.37. The summed E-state index contributed by atoms with van der Waals surface area (Å²) in [5, 5.41) is 25.9. The Labute approximate surface area is 230 Å². The van der Waals surface area contributed by atoms with Crippen molar-refractivity contribution in [1.82, 2.24) is 20.8 Å². The lowest BCUT2D eigenvalue weighted by Crippen LogP contribution is -2.51. The topological polar surface area (TPSA) is 107 Å². The van der Waals surface area contributed by atoms with Crippen molar-refractivity contribution in [2.45, 2.75) is 88.9 Å². The Bertz CT molecular complexity index is 1310. The largest absolute Gasteiger partial charge is 0.392 e. The van der Waals surface area contributed by atoms with Crippen LogP contribution in [0.3, 0.4) is 0 Å². The lowest BCUT2D eigenvalue weighted by Gasteiger charge is -2.35. The summed E-state index contributed by atoms with van der Waals surface area (Å²) >= 11 is 0. The van der Waals surface area contributed by atoms with Crippen LogP contribution < -0.4 is 15.5 Å². The molecule has 0 spiro atoms.